The predicted octanol–water partition coefficient (Wildman–Crippen LogP) is -1.57. The van der Waals surface area contributed by atoms with Gasteiger partial charge in [0.2, 0.25) is 0 Å². The molecular formula is C9H9NO9Tc. The van der Waals surface area contributed by atoms with Gasteiger partial charge in [-0.15, -0.1) is 0 Å². The zero-order valence-corrected chi connectivity index (χ0v) is 11.6. The second kappa shape index (κ2) is 25.9. The average molecular weight is 374 g/mol. The maximum absolute atomic E-state index is 10.1. The summed E-state index contributed by atoms with van der Waals surface area (Å²) in [5.74, 6) is -3.78. The van der Waals surface area contributed by atoms with Crippen molar-refractivity contribution in [3.63, 3.8) is 0 Å². The molecule has 0 spiro atoms. The van der Waals surface area contributed by atoms with Crippen LogP contribution >= 0.6 is 0 Å². The summed E-state index contributed by atoms with van der Waals surface area (Å²) in [5, 5.41) is 24.8. The van der Waals surface area contributed by atoms with Gasteiger partial charge in [0.1, 0.15) is 0 Å². The van der Waals surface area contributed by atoms with Crippen molar-refractivity contribution in [2.45, 2.75) is 0 Å². The van der Waals surface area contributed by atoms with Gasteiger partial charge in [0.25, 0.3) is 0 Å². The Labute approximate surface area is 126 Å². The fourth-order valence-corrected chi connectivity index (χ4v) is 0.742. The summed E-state index contributed by atoms with van der Waals surface area (Å²) in [7, 11) is 0. The Morgan fingerprint density at radius 3 is 0.950 bits per heavy atom. The van der Waals surface area contributed by atoms with E-state index in [9.17, 15) is 14.4 Å². The number of carboxylic acids is 3. The van der Waals surface area contributed by atoms with E-state index >= 15 is 0 Å². The van der Waals surface area contributed by atoms with Crippen LogP contribution in [0.15, 0.2) is 0 Å². The average Bonchev–Trinajstić information content (AvgIpc) is 2.34. The first-order valence-electron chi connectivity index (χ1n) is 3.90. The minimum absolute atomic E-state index is 0. The van der Waals surface area contributed by atoms with E-state index in [0.717, 1.165) is 4.90 Å². The maximum atomic E-state index is 10.1. The third kappa shape index (κ3) is 36.0. The minimum atomic E-state index is -1.26. The van der Waals surface area contributed by atoms with Gasteiger partial charge in [0, 0.05) is 20.1 Å². The summed E-state index contributed by atoms with van der Waals surface area (Å²) >= 11 is 0. The van der Waals surface area contributed by atoms with Gasteiger partial charge in [-0.2, -0.15) is 0 Å². The number of aliphatic carboxylic acids is 3. The molecule has 0 amide bonds. The molecule has 0 aromatic rings. The molecule has 0 bridgehead atoms. The van der Waals surface area contributed by atoms with Crippen LogP contribution in [0.2, 0.25) is 0 Å². The zero-order chi connectivity index (χ0) is 16.4. The summed E-state index contributed by atoms with van der Waals surface area (Å²) in [6.45, 7) is 11.7. The Bertz CT molecular complexity index is 284. The van der Waals surface area contributed by atoms with E-state index < -0.39 is 37.5 Å². The third-order valence-electron chi connectivity index (χ3n) is 1.08. The number of hydrogen-bond donors (Lipinski definition) is 3. The van der Waals surface area contributed by atoms with Crippen molar-refractivity contribution in [3.05, 3.63) is 20.0 Å². The molecule has 0 saturated heterocycles. The first-order valence-corrected chi connectivity index (χ1v) is 3.90. The molecule has 0 saturated carbocycles. The molecular weight excluding hydrogens is 365 g/mol. The van der Waals surface area contributed by atoms with Gasteiger partial charge in [-0.3, -0.25) is 19.3 Å². The Morgan fingerprint density at radius 1 is 0.700 bits per heavy atom. The summed E-state index contributed by atoms with van der Waals surface area (Å²) in [5.41, 5.74) is 0. The number of carbonyl (C=O) groups is 3. The molecule has 0 rings (SSSR count). The number of hydrogen-bond acceptors (Lipinski definition) is 4. The van der Waals surface area contributed by atoms with Crippen molar-refractivity contribution >= 4 is 17.9 Å². The van der Waals surface area contributed by atoms with Crippen LogP contribution in [0, 0.1) is 20.0 Å². The first kappa shape index (κ1) is 30.9. The van der Waals surface area contributed by atoms with Gasteiger partial charge in [-0.25, -0.2) is 0 Å². The second-order valence-electron chi connectivity index (χ2n) is 2.33. The molecule has 0 aliphatic carbocycles. The van der Waals surface area contributed by atoms with Gasteiger partial charge in [0.05, 0.1) is 19.6 Å². The van der Waals surface area contributed by atoms with E-state index in [1.165, 1.54) is 0 Å². The number of carboxylic acid groups (broad SMARTS) is 3. The molecule has 0 atom stereocenters. The van der Waals surface area contributed by atoms with Gasteiger partial charge in [-0.05, 0) is 0 Å². The molecule has 20 heavy (non-hydrogen) atoms. The fourth-order valence-electron chi connectivity index (χ4n) is 0.742. The molecule has 0 aliphatic heterocycles. The molecule has 111 valence electrons. The van der Waals surface area contributed by atoms with Crippen LogP contribution in [0.1, 0.15) is 0 Å². The Hall–Kier alpha value is -1.76. The van der Waals surface area contributed by atoms with Crippen molar-refractivity contribution in [2.75, 3.05) is 19.6 Å². The zero-order valence-electron chi connectivity index (χ0n) is 9.74. The topological polar surface area (TPSA) is 175 Å². The fraction of sp³-hybridized carbons (Fsp3) is 0.333. The molecule has 11 heteroatoms. The van der Waals surface area contributed by atoms with Crippen molar-refractivity contribution in [2.24, 2.45) is 0 Å². The Kier molecular flexibility index (Phi) is 40.1. The molecule has 0 aromatic heterocycles. The van der Waals surface area contributed by atoms with E-state index in [2.05, 4.69) is 20.0 Å². The summed E-state index contributed by atoms with van der Waals surface area (Å²) < 4.78 is 22.5. The quantitative estimate of drug-likeness (QED) is 0.372. The third-order valence-corrected chi connectivity index (χ3v) is 1.08. The van der Waals surface area contributed by atoms with Crippen LogP contribution in [0.3, 0.4) is 0 Å². The van der Waals surface area contributed by atoms with Crippen molar-refractivity contribution in [3.8, 4) is 0 Å². The van der Waals surface area contributed by atoms with E-state index in [-0.39, 0.29) is 20.1 Å². The molecule has 0 unspecified atom stereocenters. The standard InChI is InChI=1S/C6H9NO6.3CO.Tc/c8-4(9)1-7(2-5(10)11)3-6(12)13;3*1-2;/h1-3H2,(H,8,9)(H,10,11)(H,12,13);;;;/i;;;;1+1. The Morgan fingerprint density at radius 2 is 0.850 bits per heavy atom. The molecule has 0 aromatic carbocycles. The van der Waals surface area contributed by atoms with Crippen LogP contribution in [0.4, 0.5) is 0 Å². The van der Waals surface area contributed by atoms with E-state index in [1.54, 1.807) is 0 Å². The summed E-state index contributed by atoms with van der Waals surface area (Å²) in [6.07, 6.45) is 0. The Balaban J connectivity index is -0.0000000940. The van der Waals surface area contributed by atoms with E-state index in [1.807, 2.05) is 0 Å². The SMILES string of the molecule is O=C(O)CN(CC(=O)O)CC(=O)O.[99Tc].[C-]#[O+].[C-]#[O+].[C-]#[O+]. The molecule has 0 fully saturated rings. The van der Waals surface area contributed by atoms with Gasteiger partial charge in [0.15, 0.2) is 0 Å². The summed E-state index contributed by atoms with van der Waals surface area (Å²) in [4.78, 5) is 31.2. The van der Waals surface area contributed by atoms with Crippen molar-refractivity contribution in [1.82, 2.24) is 4.90 Å². The van der Waals surface area contributed by atoms with Crippen molar-refractivity contribution < 1.29 is 63.8 Å². The molecule has 0 heterocycles. The number of rotatable bonds is 6. The molecule has 0 aliphatic rings. The first-order chi connectivity index (χ1) is 8.91. The monoisotopic (exact) mass is 374 g/mol. The van der Waals surface area contributed by atoms with E-state index in [4.69, 9.17) is 29.3 Å². The molecule has 1 radical (unpaired) electrons. The predicted molar refractivity (Wildman–Crippen MR) is 51.1 cm³/mol. The van der Waals surface area contributed by atoms with Crippen molar-refractivity contribution in [1.29, 1.82) is 0 Å². The van der Waals surface area contributed by atoms with E-state index in [0.29, 0.717) is 0 Å². The normalized spacial score (nSPS) is 6.75. The van der Waals surface area contributed by atoms with Crippen LogP contribution in [-0.4, -0.2) is 57.8 Å². The molecule has 3 N–H and O–H groups in total. The number of nitrogens with zero attached hydrogens (tertiary/aromatic N) is 1. The van der Waals surface area contributed by atoms with Gasteiger partial charge >= 0.3 is 51.8 Å². The van der Waals surface area contributed by atoms with Crippen LogP contribution in [0.25, 0.3) is 0 Å². The van der Waals surface area contributed by atoms with Gasteiger partial charge < -0.3 is 15.3 Å². The summed E-state index contributed by atoms with van der Waals surface area (Å²) in [6, 6.07) is 0. The van der Waals surface area contributed by atoms with Crippen LogP contribution < -0.4 is 0 Å². The van der Waals surface area contributed by atoms with Crippen LogP contribution in [-0.2, 0) is 48.4 Å². The van der Waals surface area contributed by atoms with Crippen LogP contribution in [0.5, 0.6) is 0 Å². The van der Waals surface area contributed by atoms with Gasteiger partial charge in [-0.1, -0.05) is 0 Å². The second-order valence-corrected chi connectivity index (χ2v) is 2.33. The molecule has 10 nitrogen and oxygen atoms in total.